The van der Waals surface area contributed by atoms with Gasteiger partial charge in [0.15, 0.2) is 17.3 Å². The summed E-state index contributed by atoms with van der Waals surface area (Å²) in [5.41, 5.74) is 7.35. The Labute approximate surface area is 192 Å². The smallest absolute Gasteiger partial charge is 0.178 e. The Balaban J connectivity index is 1.49. The monoisotopic (exact) mass is 450 g/mol. The third-order valence-electron chi connectivity index (χ3n) is 5.75. The van der Waals surface area contributed by atoms with E-state index in [9.17, 15) is 4.79 Å². The molecule has 0 unspecified atom stereocenters. The van der Waals surface area contributed by atoms with Crippen LogP contribution in [0.2, 0.25) is 0 Å². The predicted octanol–water partition coefficient (Wildman–Crippen LogP) is 5.80. The van der Waals surface area contributed by atoms with Crippen LogP contribution in [0, 0.1) is 6.92 Å². The van der Waals surface area contributed by atoms with E-state index in [4.69, 9.17) is 4.98 Å². The molecule has 0 aliphatic carbocycles. The van der Waals surface area contributed by atoms with Gasteiger partial charge in [0, 0.05) is 40.0 Å². The number of nitrogens with one attached hydrogen (secondary N) is 2. The Morgan fingerprint density at radius 1 is 1.03 bits per heavy atom. The first kappa shape index (κ1) is 19.5. The van der Waals surface area contributed by atoms with E-state index in [1.807, 2.05) is 36.5 Å². The van der Waals surface area contributed by atoms with Gasteiger partial charge < -0.3 is 4.98 Å². The van der Waals surface area contributed by atoms with Crippen molar-refractivity contribution in [3.63, 3.8) is 0 Å². The zero-order chi connectivity index (χ0) is 22.5. The van der Waals surface area contributed by atoms with Crippen LogP contribution in [0.25, 0.3) is 55.2 Å². The topological polar surface area (TPSA) is 100 Å². The molecule has 5 heterocycles. The fourth-order valence-corrected chi connectivity index (χ4v) is 4.96. The Morgan fingerprint density at radius 3 is 2.76 bits per heavy atom. The number of pyridine rings is 2. The summed E-state index contributed by atoms with van der Waals surface area (Å²) in [5, 5.41) is 8.61. The lowest BCUT2D eigenvalue weighted by Gasteiger charge is -2.05. The molecule has 1 aromatic carbocycles. The summed E-state index contributed by atoms with van der Waals surface area (Å²) in [6, 6.07) is 14.0. The van der Waals surface area contributed by atoms with Crippen molar-refractivity contribution in [3.8, 4) is 33.1 Å². The summed E-state index contributed by atoms with van der Waals surface area (Å²) in [4.78, 5) is 30.3. The highest BCUT2D eigenvalue weighted by Crippen LogP contribution is 2.35. The summed E-state index contributed by atoms with van der Waals surface area (Å²) in [5.74, 6) is 0.698. The number of benzene rings is 1. The molecule has 0 amide bonds. The number of Topliss-reactive ketones (excluding diaryl/α,β-unsaturated/α-hetero) is 1. The molecule has 2 N–H and O–H groups in total. The number of nitrogens with zero attached hydrogens (tertiary/aromatic N) is 4. The molecule has 0 atom stereocenters. The molecule has 7 nitrogen and oxygen atoms in total. The van der Waals surface area contributed by atoms with Gasteiger partial charge in [-0.3, -0.25) is 14.9 Å². The van der Waals surface area contributed by atoms with Crippen molar-refractivity contribution in [2.45, 2.75) is 13.8 Å². The van der Waals surface area contributed by atoms with E-state index in [0.29, 0.717) is 11.5 Å². The number of thiophene rings is 1. The second-order valence-corrected chi connectivity index (χ2v) is 8.97. The normalized spacial score (nSPS) is 11.5. The molecular formula is C25H18N6OS. The number of aromatic nitrogens is 6. The number of aryl methyl sites for hydroxylation is 1. The molecule has 33 heavy (non-hydrogen) atoms. The molecule has 0 saturated heterocycles. The Morgan fingerprint density at radius 2 is 1.94 bits per heavy atom. The van der Waals surface area contributed by atoms with Gasteiger partial charge in [-0.15, -0.1) is 11.3 Å². The zero-order valence-corrected chi connectivity index (χ0v) is 18.7. The lowest BCUT2D eigenvalue weighted by Crippen LogP contribution is -1.85. The number of imidazole rings is 1. The first-order chi connectivity index (χ1) is 16.1. The molecule has 0 saturated carbocycles. The minimum Gasteiger partial charge on any atom is -0.335 e. The number of carbonyl (C=O) groups is 1. The Kier molecular flexibility index (Phi) is 4.41. The summed E-state index contributed by atoms with van der Waals surface area (Å²) >= 11 is 1.47. The zero-order valence-electron chi connectivity index (χ0n) is 17.9. The minimum atomic E-state index is 0.0597. The standard InChI is InChI=1S/C25H18N6OS/c1-13-7-9-26-12-18(13)15-3-4-19-17(11-15)23(31-30-19)25-28-22-16(8-10-27-24(22)29-25)21-6-5-20(33-21)14(2)32/h3-12H,1-2H3,(H,30,31)(H,27,28,29). The van der Waals surface area contributed by atoms with Gasteiger partial charge in [-0.2, -0.15) is 5.10 Å². The van der Waals surface area contributed by atoms with Gasteiger partial charge in [0.25, 0.3) is 0 Å². The van der Waals surface area contributed by atoms with Gasteiger partial charge in [0.1, 0.15) is 5.69 Å². The molecular weight excluding hydrogens is 432 g/mol. The van der Waals surface area contributed by atoms with E-state index in [2.05, 4.69) is 44.2 Å². The number of rotatable bonds is 4. The maximum atomic E-state index is 11.8. The molecule has 6 aromatic rings. The highest BCUT2D eigenvalue weighted by atomic mass is 32.1. The van der Waals surface area contributed by atoms with Crippen LogP contribution in [0.5, 0.6) is 0 Å². The van der Waals surface area contributed by atoms with Crippen LogP contribution in [0.15, 0.2) is 61.1 Å². The average molecular weight is 451 g/mol. The van der Waals surface area contributed by atoms with Crippen molar-refractivity contribution in [2.75, 3.05) is 0 Å². The molecule has 0 aliphatic rings. The second kappa shape index (κ2) is 7.46. The van der Waals surface area contributed by atoms with E-state index in [1.54, 1.807) is 19.3 Å². The fraction of sp³-hybridized carbons (Fsp3) is 0.0800. The van der Waals surface area contributed by atoms with E-state index >= 15 is 0 Å². The third kappa shape index (κ3) is 3.23. The van der Waals surface area contributed by atoms with Crippen molar-refractivity contribution < 1.29 is 4.79 Å². The maximum Gasteiger partial charge on any atom is 0.178 e. The maximum absolute atomic E-state index is 11.8. The van der Waals surface area contributed by atoms with Crippen LogP contribution < -0.4 is 0 Å². The highest BCUT2D eigenvalue weighted by Gasteiger charge is 2.17. The van der Waals surface area contributed by atoms with E-state index in [0.717, 1.165) is 54.1 Å². The van der Waals surface area contributed by atoms with Gasteiger partial charge >= 0.3 is 0 Å². The first-order valence-corrected chi connectivity index (χ1v) is 11.3. The highest BCUT2D eigenvalue weighted by molar-refractivity contribution is 7.17. The largest absolute Gasteiger partial charge is 0.335 e. The molecule has 0 bridgehead atoms. The number of H-pyrrole nitrogens is 2. The molecule has 5 aromatic heterocycles. The summed E-state index contributed by atoms with van der Waals surface area (Å²) in [7, 11) is 0. The molecule has 160 valence electrons. The number of hydrogen-bond acceptors (Lipinski definition) is 6. The van der Waals surface area contributed by atoms with Crippen molar-refractivity contribution >= 4 is 39.2 Å². The van der Waals surface area contributed by atoms with Gasteiger partial charge in [0.05, 0.1) is 15.9 Å². The lowest BCUT2D eigenvalue weighted by molar-refractivity contribution is 0.102. The first-order valence-electron chi connectivity index (χ1n) is 10.4. The van der Waals surface area contributed by atoms with Crippen molar-refractivity contribution in [1.82, 2.24) is 30.1 Å². The molecule has 0 aliphatic heterocycles. The minimum absolute atomic E-state index is 0.0597. The molecule has 0 radical (unpaired) electrons. The van der Waals surface area contributed by atoms with Crippen LogP contribution >= 0.6 is 11.3 Å². The number of fused-ring (bicyclic) bond motifs is 2. The SMILES string of the molecule is CC(=O)c1ccc(-c2ccnc3nc(-c4n[nH]c5ccc(-c6cnccc6C)cc45)[nH]c23)s1. The van der Waals surface area contributed by atoms with Gasteiger partial charge in [-0.1, -0.05) is 6.07 Å². The predicted molar refractivity (Wildman–Crippen MR) is 130 cm³/mol. The van der Waals surface area contributed by atoms with Crippen molar-refractivity contribution in [1.29, 1.82) is 0 Å². The van der Waals surface area contributed by atoms with Crippen LogP contribution in [0.3, 0.4) is 0 Å². The molecule has 8 heteroatoms. The Bertz CT molecular complexity index is 1680. The quantitative estimate of drug-likeness (QED) is 0.331. The lowest BCUT2D eigenvalue weighted by atomic mass is 10.0. The summed E-state index contributed by atoms with van der Waals surface area (Å²) in [6.45, 7) is 3.65. The van der Waals surface area contributed by atoms with Crippen molar-refractivity contribution in [3.05, 3.63) is 71.5 Å². The van der Waals surface area contributed by atoms with Gasteiger partial charge in [-0.05, 0) is 61.4 Å². The van der Waals surface area contributed by atoms with E-state index in [-0.39, 0.29) is 5.78 Å². The van der Waals surface area contributed by atoms with Crippen LogP contribution in [0.4, 0.5) is 0 Å². The molecule has 0 fully saturated rings. The van der Waals surface area contributed by atoms with E-state index < -0.39 is 0 Å². The summed E-state index contributed by atoms with van der Waals surface area (Å²) in [6.07, 6.45) is 5.41. The van der Waals surface area contributed by atoms with Crippen LogP contribution in [-0.2, 0) is 0 Å². The van der Waals surface area contributed by atoms with Crippen molar-refractivity contribution in [2.24, 2.45) is 0 Å². The fourth-order valence-electron chi connectivity index (χ4n) is 4.03. The van der Waals surface area contributed by atoms with Gasteiger partial charge in [-0.25, -0.2) is 9.97 Å². The van der Waals surface area contributed by atoms with E-state index in [1.165, 1.54) is 11.3 Å². The summed E-state index contributed by atoms with van der Waals surface area (Å²) < 4.78 is 0. The number of hydrogen-bond donors (Lipinski definition) is 2. The number of aromatic amines is 2. The van der Waals surface area contributed by atoms with Crippen LogP contribution in [-0.4, -0.2) is 35.9 Å². The van der Waals surface area contributed by atoms with Crippen LogP contribution in [0.1, 0.15) is 22.2 Å². The van der Waals surface area contributed by atoms with Gasteiger partial charge in [0.2, 0.25) is 0 Å². The second-order valence-electron chi connectivity index (χ2n) is 7.89. The molecule has 0 spiro atoms. The number of ketones is 1. The third-order valence-corrected chi connectivity index (χ3v) is 6.97. The molecule has 6 rings (SSSR count). The average Bonchev–Trinajstić information content (AvgIpc) is 3.56. The Hall–Kier alpha value is -4.17. The number of carbonyl (C=O) groups excluding carboxylic acids is 1.